The third-order valence-electron chi connectivity index (χ3n) is 11.2. The molecule has 8 rings (SSSR count). The summed E-state index contributed by atoms with van der Waals surface area (Å²) >= 11 is 1.94. The van der Waals surface area contributed by atoms with Crippen LogP contribution in [0, 0.1) is 34.5 Å². The first-order valence-electron chi connectivity index (χ1n) is 16.5. The maximum atomic E-state index is 10.6. The zero-order valence-corrected chi connectivity index (χ0v) is 27.4. The van der Waals surface area contributed by atoms with E-state index in [4.69, 9.17) is 0 Å². The Hall–Kier alpha value is -4.64. The fourth-order valence-electron chi connectivity index (χ4n) is 9.18. The number of allylic oxidation sites excluding steroid dienone is 3. The van der Waals surface area contributed by atoms with Crippen molar-refractivity contribution in [3.05, 3.63) is 120 Å². The molecule has 4 aromatic carbocycles. The zero-order valence-electron chi connectivity index (χ0n) is 26.6. The second-order valence-electron chi connectivity index (χ2n) is 13.9. The van der Waals surface area contributed by atoms with Gasteiger partial charge in [-0.05, 0) is 83.2 Å². The number of nitrogens with zero attached hydrogens (tertiary/aromatic N) is 3. The van der Waals surface area contributed by atoms with Crippen molar-refractivity contribution < 1.29 is 0 Å². The Kier molecular flexibility index (Phi) is 6.72. The molecule has 0 amide bonds. The molecule has 5 unspecified atom stereocenters. The van der Waals surface area contributed by atoms with Gasteiger partial charge in [0.15, 0.2) is 0 Å². The number of para-hydroxylation sites is 1. The topological polar surface area (TPSA) is 52.5 Å². The summed E-state index contributed by atoms with van der Waals surface area (Å²) in [6, 6.07) is 31.4. The predicted molar refractivity (Wildman–Crippen MR) is 192 cm³/mol. The lowest BCUT2D eigenvalue weighted by atomic mass is 9.73. The second kappa shape index (κ2) is 10.7. The second-order valence-corrected chi connectivity index (χ2v) is 15.0. The summed E-state index contributed by atoms with van der Waals surface area (Å²) in [6.07, 6.45) is 9.32. The minimum absolute atomic E-state index is 0.00197. The van der Waals surface area contributed by atoms with Crippen LogP contribution in [-0.2, 0) is 5.41 Å². The fourth-order valence-corrected chi connectivity index (χ4v) is 10.6. The third kappa shape index (κ3) is 4.07. The van der Waals surface area contributed by atoms with E-state index in [2.05, 4.69) is 117 Å². The summed E-state index contributed by atoms with van der Waals surface area (Å²) in [5, 5.41) is 25.1. The molecule has 2 heterocycles. The highest BCUT2D eigenvalue weighted by molar-refractivity contribution is 7.26. The SMILES string of the molecule is C=C/C=C\C1C(C)c2ccc3c(sc4ccc(C5CCCC(C#N)C5n5c6ccccc6c6cc(C#N)ccc65)cc43)c2C1(C)C. The number of thiophene rings is 1. The fraction of sp³-hybridized carbons (Fsp3) is 0.286. The van der Waals surface area contributed by atoms with Crippen LogP contribution in [0.15, 0.2) is 97.6 Å². The molecule has 3 nitrogen and oxygen atoms in total. The highest BCUT2D eigenvalue weighted by atomic mass is 32.1. The van der Waals surface area contributed by atoms with Crippen LogP contribution in [0.1, 0.15) is 80.2 Å². The molecule has 5 atom stereocenters. The van der Waals surface area contributed by atoms with E-state index in [1.165, 1.54) is 36.9 Å². The molecule has 0 aliphatic heterocycles. The number of aromatic nitrogens is 1. The summed E-state index contributed by atoms with van der Waals surface area (Å²) in [5.41, 5.74) is 7.21. The third-order valence-corrected chi connectivity index (χ3v) is 12.4. The van der Waals surface area contributed by atoms with E-state index in [0.717, 1.165) is 41.1 Å². The highest BCUT2D eigenvalue weighted by Crippen LogP contribution is 2.56. The van der Waals surface area contributed by atoms with Crippen molar-refractivity contribution in [1.82, 2.24) is 4.57 Å². The Balaban J connectivity index is 1.31. The normalized spacial score (nSPS) is 24.1. The van der Waals surface area contributed by atoms with Crippen LogP contribution in [0.5, 0.6) is 0 Å². The molecule has 0 radical (unpaired) electrons. The number of hydrogen-bond acceptors (Lipinski definition) is 3. The molecule has 1 fully saturated rings. The van der Waals surface area contributed by atoms with Gasteiger partial charge in [-0.3, -0.25) is 0 Å². The molecule has 2 aromatic heterocycles. The van der Waals surface area contributed by atoms with E-state index in [0.29, 0.717) is 17.4 Å². The molecule has 46 heavy (non-hydrogen) atoms. The Morgan fingerprint density at radius 3 is 2.54 bits per heavy atom. The van der Waals surface area contributed by atoms with Crippen LogP contribution >= 0.6 is 11.3 Å². The molecule has 4 heteroatoms. The van der Waals surface area contributed by atoms with Crippen molar-refractivity contribution in [2.45, 2.75) is 63.3 Å². The number of nitriles is 2. The number of fused-ring (bicyclic) bond motifs is 8. The van der Waals surface area contributed by atoms with Gasteiger partial charge >= 0.3 is 0 Å². The van der Waals surface area contributed by atoms with Crippen molar-refractivity contribution in [1.29, 1.82) is 10.5 Å². The minimum atomic E-state index is -0.102. The van der Waals surface area contributed by atoms with Gasteiger partial charge in [0.1, 0.15) is 0 Å². The molecule has 0 N–H and O–H groups in total. The van der Waals surface area contributed by atoms with Gasteiger partial charge in [-0.2, -0.15) is 10.5 Å². The van der Waals surface area contributed by atoms with Crippen LogP contribution in [0.2, 0.25) is 0 Å². The van der Waals surface area contributed by atoms with Crippen molar-refractivity contribution in [3.8, 4) is 12.1 Å². The number of benzene rings is 4. The van der Waals surface area contributed by atoms with Gasteiger partial charge in [0.25, 0.3) is 0 Å². The molecule has 0 spiro atoms. The average Bonchev–Trinajstić information content (AvgIpc) is 3.67. The van der Waals surface area contributed by atoms with Gasteiger partial charge in [-0.1, -0.05) is 88.4 Å². The molecule has 0 bridgehead atoms. The van der Waals surface area contributed by atoms with Crippen molar-refractivity contribution in [3.63, 3.8) is 0 Å². The number of hydrogen-bond donors (Lipinski definition) is 0. The predicted octanol–water partition coefficient (Wildman–Crippen LogP) is 11.4. The van der Waals surface area contributed by atoms with Crippen LogP contribution in [0.25, 0.3) is 42.0 Å². The lowest BCUT2D eigenvalue weighted by molar-refractivity contribution is 0.260. The quantitative estimate of drug-likeness (QED) is 0.185. The Morgan fingerprint density at radius 1 is 0.913 bits per heavy atom. The van der Waals surface area contributed by atoms with Gasteiger partial charge < -0.3 is 4.57 Å². The van der Waals surface area contributed by atoms with Crippen molar-refractivity contribution in [2.75, 3.05) is 0 Å². The van der Waals surface area contributed by atoms with Gasteiger partial charge in [0.05, 0.1) is 29.7 Å². The molecule has 2 aliphatic rings. The minimum Gasteiger partial charge on any atom is -0.335 e. The lowest BCUT2D eigenvalue weighted by Crippen LogP contribution is -2.29. The maximum absolute atomic E-state index is 10.6. The summed E-state index contributed by atoms with van der Waals surface area (Å²) in [4.78, 5) is 0. The monoisotopic (exact) mass is 615 g/mol. The molecular weight excluding hydrogens is 579 g/mol. The Morgan fingerprint density at radius 2 is 1.74 bits per heavy atom. The van der Waals surface area contributed by atoms with Crippen molar-refractivity contribution >= 4 is 53.3 Å². The van der Waals surface area contributed by atoms with Gasteiger partial charge in [0, 0.05) is 47.9 Å². The van der Waals surface area contributed by atoms with E-state index in [1.54, 1.807) is 0 Å². The van der Waals surface area contributed by atoms with Gasteiger partial charge in [0.2, 0.25) is 0 Å². The maximum Gasteiger partial charge on any atom is 0.0991 e. The van der Waals surface area contributed by atoms with E-state index in [9.17, 15) is 10.5 Å². The molecule has 2 aliphatic carbocycles. The summed E-state index contributed by atoms with van der Waals surface area (Å²) < 4.78 is 5.18. The largest absolute Gasteiger partial charge is 0.335 e. The van der Waals surface area contributed by atoms with E-state index in [1.807, 2.05) is 29.5 Å². The molecule has 6 aromatic rings. The van der Waals surface area contributed by atoms with E-state index >= 15 is 0 Å². The van der Waals surface area contributed by atoms with E-state index < -0.39 is 0 Å². The Labute approximate surface area is 274 Å². The first-order chi connectivity index (χ1) is 22.4. The van der Waals surface area contributed by atoms with Crippen LogP contribution in [0.3, 0.4) is 0 Å². The summed E-state index contributed by atoms with van der Waals surface area (Å²) in [6.45, 7) is 11.1. The summed E-state index contributed by atoms with van der Waals surface area (Å²) in [7, 11) is 0. The first kappa shape index (κ1) is 28.8. The smallest absolute Gasteiger partial charge is 0.0991 e. The first-order valence-corrected chi connectivity index (χ1v) is 17.3. The Bertz CT molecular complexity index is 2320. The molecule has 226 valence electrons. The molecule has 1 saturated carbocycles. The molecule has 0 saturated heterocycles. The van der Waals surface area contributed by atoms with Crippen molar-refractivity contribution in [2.24, 2.45) is 11.8 Å². The van der Waals surface area contributed by atoms with Crippen LogP contribution in [-0.4, -0.2) is 4.57 Å². The highest BCUT2D eigenvalue weighted by Gasteiger charge is 2.44. The van der Waals surface area contributed by atoms with Gasteiger partial charge in [-0.15, -0.1) is 11.3 Å². The van der Waals surface area contributed by atoms with Gasteiger partial charge in [-0.25, -0.2) is 0 Å². The van der Waals surface area contributed by atoms with Crippen LogP contribution < -0.4 is 0 Å². The van der Waals surface area contributed by atoms with E-state index in [-0.39, 0.29) is 23.3 Å². The standard InChI is InChI=1S/C42H37N3S/c1-5-6-13-35-25(2)29-17-18-32-34-22-27(16-20-38(34)46-41(32)39(29)42(35,3)4)30-12-9-10-28(24-44)40(30)45-36-14-8-7-11-31(36)33-21-26(23-43)15-19-37(33)45/h5-8,11,13-22,25,28,30,35,40H,1,9-10,12H2,2-4H3/b13-6-. The summed E-state index contributed by atoms with van der Waals surface area (Å²) in [5.74, 6) is 0.974. The van der Waals surface area contributed by atoms with Crippen LogP contribution in [0.4, 0.5) is 0 Å². The number of rotatable bonds is 4. The lowest BCUT2D eigenvalue weighted by Gasteiger charge is -2.37. The molecular formula is C42H37N3S. The average molecular weight is 616 g/mol. The zero-order chi connectivity index (χ0) is 31.7.